The molecule has 1 saturated heterocycles. The summed E-state index contributed by atoms with van der Waals surface area (Å²) in [6.45, 7) is 3.10. The third-order valence-corrected chi connectivity index (χ3v) is 3.83. The first-order valence-corrected chi connectivity index (χ1v) is 6.51. The minimum Gasteiger partial charge on any atom is -0.341 e. The molecule has 0 saturated carbocycles. The molecule has 90 valence electrons. The molecule has 2 N–H and O–H groups in total. The molecule has 0 amide bonds. The zero-order chi connectivity index (χ0) is 11.8. The number of aryl methyl sites for hydroxylation is 1. The first-order chi connectivity index (χ1) is 8.24. The summed E-state index contributed by atoms with van der Waals surface area (Å²) in [6, 6.07) is 4.38. The van der Waals surface area contributed by atoms with Crippen LogP contribution in [0.2, 0.25) is 5.02 Å². The van der Waals surface area contributed by atoms with Crippen LogP contribution in [0.5, 0.6) is 0 Å². The highest BCUT2D eigenvalue weighted by Gasteiger charge is 2.18. The molecule has 2 heterocycles. The van der Waals surface area contributed by atoms with E-state index in [2.05, 4.69) is 21.4 Å². The lowest BCUT2D eigenvalue weighted by molar-refractivity contribution is 0.400. The number of fused-ring (bicyclic) bond motifs is 1. The van der Waals surface area contributed by atoms with Crippen LogP contribution in [-0.2, 0) is 0 Å². The molecule has 4 heteroatoms. The van der Waals surface area contributed by atoms with Gasteiger partial charge in [-0.25, -0.2) is 4.98 Å². The van der Waals surface area contributed by atoms with E-state index in [4.69, 9.17) is 11.6 Å². The van der Waals surface area contributed by atoms with Gasteiger partial charge in [0.05, 0.1) is 17.1 Å². The Bertz CT molecular complexity index is 502. The van der Waals surface area contributed by atoms with E-state index in [1.165, 1.54) is 12.8 Å². The molecule has 0 unspecified atom stereocenters. The van der Waals surface area contributed by atoms with Crippen LogP contribution in [0.1, 0.15) is 36.7 Å². The summed E-state index contributed by atoms with van der Waals surface area (Å²) < 4.78 is 0. The number of piperidine rings is 1. The zero-order valence-corrected chi connectivity index (χ0v) is 10.6. The van der Waals surface area contributed by atoms with E-state index in [0.717, 1.165) is 40.4 Å². The fraction of sp³-hybridized carbons (Fsp3) is 0.462. The van der Waals surface area contributed by atoms with Crippen molar-refractivity contribution in [2.75, 3.05) is 6.54 Å². The molecule has 1 atom stereocenters. The number of H-pyrrole nitrogens is 1. The maximum Gasteiger partial charge on any atom is 0.124 e. The third kappa shape index (κ3) is 2.05. The Hall–Kier alpha value is -1.06. The van der Waals surface area contributed by atoms with Crippen molar-refractivity contribution in [2.45, 2.75) is 32.2 Å². The molecule has 1 aliphatic heterocycles. The van der Waals surface area contributed by atoms with E-state index < -0.39 is 0 Å². The van der Waals surface area contributed by atoms with Crippen LogP contribution < -0.4 is 5.32 Å². The van der Waals surface area contributed by atoms with Gasteiger partial charge in [0.2, 0.25) is 0 Å². The van der Waals surface area contributed by atoms with E-state index in [-0.39, 0.29) is 0 Å². The molecule has 3 nitrogen and oxygen atoms in total. The largest absolute Gasteiger partial charge is 0.341 e. The fourth-order valence-electron chi connectivity index (χ4n) is 2.41. The van der Waals surface area contributed by atoms with Crippen molar-refractivity contribution < 1.29 is 0 Å². The van der Waals surface area contributed by atoms with Gasteiger partial charge in [0.1, 0.15) is 5.82 Å². The molecule has 1 fully saturated rings. The van der Waals surface area contributed by atoms with Gasteiger partial charge in [-0.15, -0.1) is 0 Å². The maximum absolute atomic E-state index is 6.11. The molecule has 3 rings (SSSR count). The summed E-state index contributed by atoms with van der Waals surface area (Å²) in [4.78, 5) is 8.04. The van der Waals surface area contributed by atoms with Crippen LogP contribution in [0.25, 0.3) is 11.0 Å². The first kappa shape index (κ1) is 11.1. The Balaban J connectivity index is 2.00. The second-order valence-corrected chi connectivity index (χ2v) is 5.15. The Kier molecular flexibility index (Phi) is 2.81. The number of hydrogen-bond acceptors (Lipinski definition) is 2. The minimum atomic E-state index is 0.371. The minimum absolute atomic E-state index is 0.371. The van der Waals surface area contributed by atoms with Crippen LogP contribution in [0.4, 0.5) is 0 Å². The molecule has 17 heavy (non-hydrogen) atoms. The second kappa shape index (κ2) is 4.31. The number of aromatic nitrogens is 2. The monoisotopic (exact) mass is 249 g/mol. The van der Waals surface area contributed by atoms with Crippen molar-refractivity contribution >= 4 is 22.6 Å². The SMILES string of the molecule is Cc1cc2[nH]c([C@@H]3CCCCN3)nc2cc1Cl. The molecule has 0 aliphatic carbocycles. The molecule has 2 aromatic rings. The highest BCUT2D eigenvalue weighted by molar-refractivity contribution is 6.32. The number of nitrogens with one attached hydrogen (secondary N) is 2. The molecular weight excluding hydrogens is 234 g/mol. The van der Waals surface area contributed by atoms with Crippen LogP contribution in [0.3, 0.4) is 0 Å². The van der Waals surface area contributed by atoms with Crippen LogP contribution in [0.15, 0.2) is 12.1 Å². The molecule has 0 bridgehead atoms. The number of hydrogen-bond donors (Lipinski definition) is 2. The quantitative estimate of drug-likeness (QED) is 0.814. The summed E-state index contributed by atoms with van der Waals surface area (Å²) in [5.74, 6) is 1.04. The molecule has 0 radical (unpaired) electrons. The molecular formula is C13H16ClN3. The van der Waals surface area contributed by atoms with Gasteiger partial charge in [0.25, 0.3) is 0 Å². The van der Waals surface area contributed by atoms with Crippen molar-refractivity contribution in [3.63, 3.8) is 0 Å². The lowest BCUT2D eigenvalue weighted by Gasteiger charge is -2.21. The summed E-state index contributed by atoms with van der Waals surface area (Å²) >= 11 is 6.11. The third-order valence-electron chi connectivity index (χ3n) is 3.42. The van der Waals surface area contributed by atoms with Gasteiger partial charge in [0, 0.05) is 5.02 Å². The normalized spacial score (nSPS) is 20.9. The lowest BCUT2D eigenvalue weighted by atomic mass is 10.0. The van der Waals surface area contributed by atoms with E-state index in [1.807, 2.05) is 13.0 Å². The predicted molar refractivity (Wildman–Crippen MR) is 70.4 cm³/mol. The van der Waals surface area contributed by atoms with Crippen molar-refractivity contribution in [1.29, 1.82) is 0 Å². The van der Waals surface area contributed by atoms with Gasteiger partial charge < -0.3 is 10.3 Å². The topological polar surface area (TPSA) is 40.7 Å². The Morgan fingerprint density at radius 1 is 1.35 bits per heavy atom. The van der Waals surface area contributed by atoms with E-state index in [0.29, 0.717) is 6.04 Å². The Labute approximate surface area is 106 Å². The summed E-state index contributed by atoms with van der Waals surface area (Å²) in [5, 5.41) is 4.28. The van der Waals surface area contributed by atoms with Crippen molar-refractivity contribution in [1.82, 2.24) is 15.3 Å². The highest BCUT2D eigenvalue weighted by Crippen LogP contribution is 2.26. The predicted octanol–water partition coefficient (Wildman–Crippen LogP) is 3.34. The van der Waals surface area contributed by atoms with Crippen molar-refractivity contribution in [3.8, 4) is 0 Å². The number of benzene rings is 1. The average Bonchev–Trinajstić information content (AvgIpc) is 2.74. The smallest absolute Gasteiger partial charge is 0.124 e. The first-order valence-electron chi connectivity index (χ1n) is 6.13. The molecule has 1 aromatic carbocycles. The standard InChI is InChI=1S/C13H16ClN3/c1-8-6-11-12(7-9(8)14)17-13(16-11)10-4-2-3-5-15-10/h6-7,10,15H,2-5H2,1H3,(H,16,17)/t10-/m0/s1. The van der Waals surface area contributed by atoms with Crippen LogP contribution in [0, 0.1) is 6.92 Å². The average molecular weight is 250 g/mol. The summed E-state index contributed by atoms with van der Waals surface area (Å²) in [6.07, 6.45) is 3.70. The fourth-order valence-corrected chi connectivity index (χ4v) is 2.57. The van der Waals surface area contributed by atoms with Crippen molar-refractivity contribution in [2.24, 2.45) is 0 Å². The van der Waals surface area contributed by atoms with Crippen LogP contribution in [-0.4, -0.2) is 16.5 Å². The number of nitrogens with zero attached hydrogens (tertiary/aromatic N) is 1. The molecule has 1 aliphatic rings. The lowest BCUT2D eigenvalue weighted by Crippen LogP contribution is -2.27. The van der Waals surface area contributed by atoms with Gasteiger partial charge >= 0.3 is 0 Å². The number of aromatic amines is 1. The van der Waals surface area contributed by atoms with Gasteiger partial charge in [-0.1, -0.05) is 18.0 Å². The van der Waals surface area contributed by atoms with Crippen LogP contribution >= 0.6 is 11.6 Å². The van der Waals surface area contributed by atoms with E-state index in [1.54, 1.807) is 0 Å². The Morgan fingerprint density at radius 3 is 3.00 bits per heavy atom. The van der Waals surface area contributed by atoms with E-state index >= 15 is 0 Å². The number of halogens is 1. The summed E-state index contributed by atoms with van der Waals surface area (Å²) in [5.41, 5.74) is 3.13. The number of rotatable bonds is 1. The highest BCUT2D eigenvalue weighted by atomic mass is 35.5. The van der Waals surface area contributed by atoms with Crippen molar-refractivity contribution in [3.05, 3.63) is 28.5 Å². The van der Waals surface area contributed by atoms with Gasteiger partial charge in [-0.3, -0.25) is 0 Å². The zero-order valence-electron chi connectivity index (χ0n) is 9.89. The molecule has 0 spiro atoms. The van der Waals surface area contributed by atoms with E-state index in [9.17, 15) is 0 Å². The number of imidazole rings is 1. The Morgan fingerprint density at radius 2 is 2.24 bits per heavy atom. The summed E-state index contributed by atoms with van der Waals surface area (Å²) in [7, 11) is 0. The van der Waals surface area contributed by atoms with Gasteiger partial charge in [-0.05, 0) is 44.0 Å². The van der Waals surface area contributed by atoms with Gasteiger partial charge in [0.15, 0.2) is 0 Å². The van der Waals surface area contributed by atoms with Gasteiger partial charge in [-0.2, -0.15) is 0 Å². The maximum atomic E-state index is 6.11. The second-order valence-electron chi connectivity index (χ2n) is 4.74. The molecule has 1 aromatic heterocycles.